The molecule has 6 heteroatoms. The van der Waals surface area contributed by atoms with E-state index in [0.29, 0.717) is 16.5 Å². The Bertz CT molecular complexity index is 1360. The Balaban J connectivity index is 1.76. The van der Waals surface area contributed by atoms with Crippen LogP contribution in [-0.2, 0) is 11.2 Å². The number of amides is 1. The van der Waals surface area contributed by atoms with Gasteiger partial charge in [-0.25, -0.2) is 0 Å². The Morgan fingerprint density at radius 1 is 1.03 bits per heavy atom. The third-order valence-electron chi connectivity index (χ3n) is 6.02. The van der Waals surface area contributed by atoms with Crippen molar-refractivity contribution in [3.8, 4) is 11.5 Å². The second kappa shape index (κ2) is 8.99. The predicted octanol–water partition coefficient (Wildman–Crippen LogP) is 6.36. The molecular weight excluding hydrogens is 448 g/mol. The SMILES string of the molecule is COc1cc2c(cc1OC(C)C)C(c1ccc(Cl)cc1)N(c1ccnc3ccccc13)C(=O)C2. The third kappa shape index (κ3) is 3.97. The van der Waals surface area contributed by atoms with Crippen LogP contribution in [0.2, 0.25) is 5.02 Å². The number of benzene rings is 3. The first-order valence-corrected chi connectivity index (χ1v) is 11.6. The number of halogens is 1. The molecule has 0 bridgehead atoms. The lowest BCUT2D eigenvalue weighted by Gasteiger charge is -2.38. The van der Waals surface area contributed by atoms with E-state index in [9.17, 15) is 4.79 Å². The van der Waals surface area contributed by atoms with Crippen LogP contribution in [0.5, 0.6) is 11.5 Å². The predicted molar refractivity (Wildman–Crippen MR) is 135 cm³/mol. The Morgan fingerprint density at radius 2 is 1.79 bits per heavy atom. The van der Waals surface area contributed by atoms with Crippen molar-refractivity contribution in [2.24, 2.45) is 0 Å². The second-order valence-electron chi connectivity index (χ2n) is 8.61. The van der Waals surface area contributed by atoms with E-state index in [1.54, 1.807) is 13.3 Å². The number of anilines is 1. The lowest BCUT2D eigenvalue weighted by atomic mass is 9.86. The highest BCUT2D eigenvalue weighted by Crippen LogP contribution is 2.44. The average molecular weight is 473 g/mol. The zero-order valence-electron chi connectivity index (χ0n) is 19.3. The van der Waals surface area contributed by atoms with Crippen LogP contribution in [0, 0.1) is 0 Å². The van der Waals surface area contributed by atoms with E-state index in [0.717, 1.165) is 33.3 Å². The summed E-state index contributed by atoms with van der Waals surface area (Å²) in [5.74, 6) is 1.28. The van der Waals surface area contributed by atoms with Gasteiger partial charge >= 0.3 is 0 Å². The lowest BCUT2D eigenvalue weighted by molar-refractivity contribution is -0.118. The summed E-state index contributed by atoms with van der Waals surface area (Å²) >= 11 is 6.21. The molecule has 1 aromatic heterocycles. The Morgan fingerprint density at radius 3 is 2.53 bits per heavy atom. The Labute approximate surface area is 203 Å². The lowest BCUT2D eigenvalue weighted by Crippen LogP contribution is -2.41. The molecule has 4 aromatic rings. The highest BCUT2D eigenvalue weighted by Gasteiger charge is 2.36. The van der Waals surface area contributed by atoms with Crippen LogP contribution in [-0.4, -0.2) is 24.1 Å². The third-order valence-corrected chi connectivity index (χ3v) is 6.27. The van der Waals surface area contributed by atoms with Gasteiger partial charge in [-0.2, -0.15) is 0 Å². The van der Waals surface area contributed by atoms with Crippen molar-refractivity contribution in [2.75, 3.05) is 12.0 Å². The maximum absolute atomic E-state index is 13.7. The van der Waals surface area contributed by atoms with Crippen LogP contribution < -0.4 is 14.4 Å². The zero-order chi connectivity index (χ0) is 23.8. The quantitative estimate of drug-likeness (QED) is 0.339. The Hall–Kier alpha value is -3.57. The minimum absolute atomic E-state index is 0.00313. The fourth-order valence-electron chi connectivity index (χ4n) is 4.60. The van der Waals surface area contributed by atoms with Gasteiger partial charge in [-0.3, -0.25) is 14.7 Å². The van der Waals surface area contributed by atoms with Crippen molar-refractivity contribution < 1.29 is 14.3 Å². The van der Waals surface area contributed by atoms with Crippen LogP contribution in [0.4, 0.5) is 5.69 Å². The number of carbonyl (C=O) groups is 1. The number of pyridine rings is 1. The van der Waals surface area contributed by atoms with E-state index < -0.39 is 0 Å². The summed E-state index contributed by atoms with van der Waals surface area (Å²) in [6.45, 7) is 3.96. The van der Waals surface area contributed by atoms with Crippen molar-refractivity contribution in [1.29, 1.82) is 0 Å². The number of rotatable bonds is 5. The molecule has 1 unspecified atom stereocenters. The van der Waals surface area contributed by atoms with Gasteiger partial charge in [-0.15, -0.1) is 0 Å². The maximum Gasteiger partial charge on any atom is 0.232 e. The number of nitrogens with zero attached hydrogens (tertiary/aromatic N) is 2. The summed E-state index contributed by atoms with van der Waals surface area (Å²) < 4.78 is 11.7. The van der Waals surface area contributed by atoms with Crippen molar-refractivity contribution in [3.63, 3.8) is 0 Å². The van der Waals surface area contributed by atoms with Crippen LogP contribution in [0.25, 0.3) is 10.9 Å². The molecule has 0 saturated carbocycles. The highest BCUT2D eigenvalue weighted by atomic mass is 35.5. The number of hydrogen-bond donors (Lipinski definition) is 0. The molecule has 1 atom stereocenters. The molecule has 0 radical (unpaired) electrons. The Kier molecular flexibility index (Phi) is 5.88. The number of carbonyl (C=O) groups excluding carboxylic acids is 1. The largest absolute Gasteiger partial charge is 0.493 e. The molecule has 0 spiro atoms. The van der Waals surface area contributed by atoms with Gasteiger partial charge in [0.05, 0.1) is 36.9 Å². The van der Waals surface area contributed by atoms with Gasteiger partial charge < -0.3 is 9.47 Å². The van der Waals surface area contributed by atoms with Gasteiger partial charge in [0.25, 0.3) is 0 Å². The molecule has 0 aliphatic carbocycles. The molecule has 1 aliphatic heterocycles. The standard InChI is InChI=1S/C28H25ClN2O3/c1-17(2)34-26-16-22-19(14-25(26)33-3)15-27(32)31(28(22)18-8-10-20(29)11-9-18)24-12-13-30-23-7-5-4-6-21(23)24/h4-14,16-17,28H,15H2,1-3H3. The molecule has 2 heterocycles. The molecule has 3 aromatic carbocycles. The number of ether oxygens (including phenoxy) is 2. The van der Waals surface area contributed by atoms with Gasteiger partial charge in [-0.05, 0) is 66.9 Å². The summed E-state index contributed by atoms with van der Waals surface area (Å²) in [7, 11) is 1.62. The van der Waals surface area contributed by atoms with E-state index in [4.69, 9.17) is 21.1 Å². The fourth-order valence-corrected chi connectivity index (χ4v) is 4.73. The fraction of sp³-hybridized carbons (Fsp3) is 0.214. The first kappa shape index (κ1) is 22.2. The van der Waals surface area contributed by atoms with Crippen molar-refractivity contribution in [1.82, 2.24) is 4.98 Å². The van der Waals surface area contributed by atoms with Gasteiger partial charge in [0.2, 0.25) is 5.91 Å². The molecule has 1 aliphatic rings. The number of aromatic nitrogens is 1. The summed E-state index contributed by atoms with van der Waals surface area (Å²) in [6, 6.07) is 21.0. The van der Waals surface area contributed by atoms with Crippen LogP contribution in [0.1, 0.15) is 36.6 Å². The van der Waals surface area contributed by atoms with Crippen LogP contribution >= 0.6 is 11.6 Å². The van der Waals surface area contributed by atoms with Crippen molar-refractivity contribution in [3.05, 3.63) is 94.6 Å². The van der Waals surface area contributed by atoms with E-state index in [2.05, 4.69) is 4.98 Å². The summed E-state index contributed by atoms with van der Waals surface area (Å²) in [5, 5.41) is 1.57. The number of fused-ring (bicyclic) bond motifs is 2. The number of para-hydroxylation sites is 1. The monoisotopic (exact) mass is 472 g/mol. The first-order chi connectivity index (χ1) is 16.5. The average Bonchev–Trinajstić information content (AvgIpc) is 2.83. The molecule has 5 rings (SSSR count). The highest BCUT2D eigenvalue weighted by molar-refractivity contribution is 6.30. The van der Waals surface area contributed by atoms with Crippen molar-refractivity contribution in [2.45, 2.75) is 32.4 Å². The molecule has 34 heavy (non-hydrogen) atoms. The molecular formula is C28H25ClN2O3. The minimum Gasteiger partial charge on any atom is -0.493 e. The number of methoxy groups -OCH3 is 1. The first-order valence-electron chi connectivity index (χ1n) is 11.2. The molecule has 0 N–H and O–H groups in total. The van der Waals surface area contributed by atoms with Gasteiger partial charge in [-0.1, -0.05) is 41.9 Å². The summed E-state index contributed by atoms with van der Waals surface area (Å²) in [5.41, 5.74) is 4.54. The van der Waals surface area contributed by atoms with Gasteiger partial charge in [0.15, 0.2) is 11.5 Å². The smallest absolute Gasteiger partial charge is 0.232 e. The van der Waals surface area contributed by atoms with E-state index in [-0.39, 0.29) is 24.5 Å². The van der Waals surface area contributed by atoms with E-state index in [1.807, 2.05) is 85.5 Å². The number of hydrogen-bond acceptors (Lipinski definition) is 4. The van der Waals surface area contributed by atoms with E-state index >= 15 is 0 Å². The second-order valence-corrected chi connectivity index (χ2v) is 9.05. The van der Waals surface area contributed by atoms with Crippen LogP contribution in [0.3, 0.4) is 0 Å². The van der Waals surface area contributed by atoms with Crippen molar-refractivity contribution >= 4 is 34.1 Å². The zero-order valence-corrected chi connectivity index (χ0v) is 20.0. The molecule has 172 valence electrons. The minimum atomic E-state index is -0.361. The van der Waals surface area contributed by atoms with E-state index in [1.165, 1.54) is 0 Å². The van der Waals surface area contributed by atoms with Gasteiger partial charge in [0, 0.05) is 16.6 Å². The van der Waals surface area contributed by atoms with Crippen LogP contribution in [0.15, 0.2) is 72.9 Å². The molecule has 0 fully saturated rings. The topological polar surface area (TPSA) is 51.7 Å². The van der Waals surface area contributed by atoms with Gasteiger partial charge in [0.1, 0.15) is 0 Å². The maximum atomic E-state index is 13.7. The molecule has 1 amide bonds. The molecule has 0 saturated heterocycles. The summed E-state index contributed by atoms with van der Waals surface area (Å²) in [4.78, 5) is 20.1. The molecule has 5 nitrogen and oxygen atoms in total. The normalized spacial score (nSPS) is 15.5. The summed E-state index contributed by atoms with van der Waals surface area (Å²) in [6.07, 6.45) is 1.99.